The summed E-state index contributed by atoms with van der Waals surface area (Å²) in [4.78, 5) is 27.9. The summed E-state index contributed by atoms with van der Waals surface area (Å²) in [6.45, 7) is 14.8. The van der Waals surface area contributed by atoms with Gasteiger partial charge in [-0.3, -0.25) is 9.59 Å². The van der Waals surface area contributed by atoms with E-state index in [-0.39, 0.29) is 23.3 Å². The molecular formula is C15H24N2O2. The molecule has 0 aliphatic carbocycles. The molecule has 1 fully saturated rings. The maximum absolute atomic E-state index is 12.4. The van der Waals surface area contributed by atoms with Gasteiger partial charge >= 0.3 is 0 Å². The first-order chi connectivity index (χ1) is 8.81. The molecule has 1 aliphatic heterocycles. The first kappa shape index (κ1) is 15.5. The largest absolute Gasteiger partial charge is 0.337 e. The van der Waals surface area contributed by atoms with Gasteiger partial charge < -0.3 is 9.80 Å². The summed E-state index contributed by atoms with van der Waals surface area (Å²) < 4.78 is 0. The number of carbonyl (C=O) groups excluding carboxylic acids is 2. The van der Waals surface area contributed by atoms with E-state index in [1.165, 1.54) is 0 Å². The molecule has 0 aromatic carbocycles. The maximum Gasteiger partial charge on any atom is 0.228 e. The Bertz CT molecular complexity index is 372. The standard InChI is InChI=1S/C15H24N2O2/c1-6-8-16(9-7-2)14(19)12-10-13(18)17(11-12)15(3,4)5/h6-7,12H,1-2,8-11H2,3-5H3/t12-/m1/s1. The average molecular weight is 264 g/mol. The van der Waals surface area contributed by atoms with Crippen molar-refractivity contribution in [1.29, 1.82) is 0 Å². The number of amides is 2. The highest BCUT2D eigenvalue weighted by Crippen LogP contribution is 2.27. The molecule has 1 heterocycles. The molecule has 0 radical (unpaired) electrons. The van der Waals surface area contributed by atoms with Gasteiger partial charge in [0.15, 0.2) is 0 Å². The van der Waals surface area contributed by atoms with Crippen LogP contribution in [-0.4, -0.2) is 46.8 Å². The molecule has 4 heteroatoms. The van der Waals surface area contributed by atoms with E-state index in [0.717, 1.165) is 0 Å². The van der Waals surface area contributed by atoms with Crippen molar-refractivity contribution < 1.29 is 9.59 Å². The van der Waals surface area contributed by atoms with Crippen LogP contribution >= 0.6 is 0 Å². The molecule has 1 rings (SSSR count). The number of hydrogen-bond donors (Lipinski definition) is 0. The number of carbonyl (C=O) groups is 2. The van der Waals surface area contributed by atoms with Crippen LogP contribution in [0.15, 0.2) is 25.3 Å². The minimum Gasteiger partial charge on any atom is -0.337 e. The highest BCUT2D eigenvalue weighted by atomic mass is 16.2. The molecule has 1 saturated heterocycles. The third kappa shape index (κ3) is 3.69. The molecule has 2 amide bonds. The van der Waals surface area contributed by atoms with Crippen LogP contribution in [0.3, 0.4) is 0 Å². The predicted octanol–water partition coefficient (Wildman–Crippen LogP) is 1.83. The molecule has 0 bridgehead atoms. The van der Waals surface area contributed by atoms with Crippen LogP contribution in [0.4, 0.5) is 0 Å². The number of rotatable bonds is 5. The van der Waals surface area contributed by atoms with Crippen LogP contribution in [0, 0.1) is 5.92 Å². The zero-order valence-electron chi connectivity index (χ0n) is 12.2. The zero-order chi connectivity index (χ0) is 14.6. The highest BCUT2D eigenvalue weighted by molar-refractivity contribution is 5.89. The minimum atomic E-state index is -0.244. The van der Waals surface area contributed by atoms with Crippen molar-refractivity contribution in [2.24, 2.45) is 5.92 Å². The van der Waals surface area contributed by atoms with E-state index in [2.05, 4.69) is 13.2 Å². The van der Waals surface area contributed by atoms with E-state index in [4.69, 9.17) is 0 Å². The van der Waals surface area contributed by atoms with Crippen molar-refractivity contribution in [3.05, 3.63) is 25.3 Å². The van der Waals surface area contributed by atoms with Gasteiger partial charge in [-0.25, -0.2) is 0 Å². The van der Waals surface area contributed by atoms with Crippen LogP contribution in [0.25, 0.3) is 0 Å². The van der Waals surface area contributed by atoms with E-state index >= 15 is 0 Å². The van der Waals surface area contributed by atoms with Crippen molar-refractivity contribution in [3.63, 3.8) is 0 Å². The van der Waals surface area contributed by atoms with Gasteiger partial charge in [-0.1, -0.05) is 12.2 Å². The van der Waals surface area contributed by atoms with Crippen LogP contribution in [0.1, 0.15) is 27.2 Å². The van der Waals surface area contributed by atoms with E-state index < -0.39 is 0 Å². The van der Waals surface area contributed by atoms with Gasteiger partial charge in [-0.15, -0.1) is 13.2 Å². The van der Waals surface area contributed by atoms with E-state index in [1.807, 2.05) is 20.8 Å². The Morgan fingerprint density at radius 2 is 1.89 bits per heavy atom. The summed E-state index contributed by atoms with van der Waals surface area (Å²) in [6, 6.07) is 0. The van der Waals surface area contributed by atoms with E-state index in [0.29, 0.717) is 26.1 Å². The van der Waals surface area contributed by atoms with Gasteiger partial charge in [0.2, 0.25) is 11.8 Å². The fraction of sp³-hybridized carbons (Fsp3) is 0.600. The Hall–Kier alpha value is -1.58. The second-order valence-electron chi connectivity index (χ2n) is 5.90. The Morgan fingerprint density at radius 3 is 2.26 bits per heavy atom. The molecule has 0 aromatic heterocycles. The van der Waals surface area contributed by atoms with Crippen molar-refractivity contribution in [2.75, 3.05) is 19.6 Å². The second kappa shape index (κ2) is 6.04. The molecule has 0 saturated carbocycles. The summed E-state index contributed by atoms with van der Waals surface area (Å²) in [5.41, 5.74) is -0.228. The molecule has 19 heavy (non-hydrogen) atoms. The lowest BCUT2D eigenvalue weighted by molar-refractivity contribution is -0.135. The molecule has 0 aromatic rings. The van der Waals surface area contributed by atoms with Gasteiger partial charge in [0.25, 0.3) is 0 Å². The molecule has 0 unspecified atom stereocenters. The van der Waals surface area contributed by atoms with Crippen LogP contribution in [0.5, 0.6) is 0 Å². The second-order valence-corrected chi connectivity index (χ2v) is 5.90. The number of hydrogen-bond acceptors (Lipinski definition) is 2. The molecular weight excluding hydrogens is 240 g/mol. The lowest BCUT2D eigenvalue weighted by Gasteiger charge is -2.32. The third-order valence-electron chi connectivity index (χ3n) is 3.29. The fourth-order valence-corrected chi connectivity index (χ4v) is 2.35. The zero-order valence-corrected chi connectivity index (χ0v) is 12.2. The van der Waals surface area contributed by atoms with Crippen LogP contribution < -0.4 is 0 Å². The number of likely N-dealkylation sites (tertiary alicyclic amines) is 1. The van der Waals surface area contributed by atoms with Gasteiger partial charge in [0.05, 0.1) is 5.92 Å². The lowest BCUT2D eigenvalue weighted by Crippen LogP contribution is -2.43. The SMILES string of the molecule is C=CCN(CC=C)C(=O)[C@@H]1CC(=O)N(C(C)(C)C)C1. The summed E-state index contributed by atoms with van der Waals surface area (Å²) in [5, 5.41) is 0. The fourth-order valence-electron chi connectivity index (χ4n) is 2.35. The van der Waals surface area contributed by atoms with Crippen molar-refractivity contribution >= 4 is 11.8 Å². The topological polar surface area (TPSA) is 40.6 Å². The molecule has 4 nitrogen and oxygen atoms in total. The molecule has 1 aliphatic rings. The van der Waals surface area contributed by atoms with E-state index in [1.54, 1.807) is 22.0 Å². The summed E-state index contributed by atoms with van der Waals surface area (Å²) in [7, 11) is 0. The minimum absolute atomic E-state index is 0.0138. The van der Waals surface area contributed by atoms with Crippen molar-refractivity contribution in [3.8, 4) is 0 Å². The normalized spacial score (nSPS) is 19.4. The Kier molecular flexibility index (Phi) is 4.92. The molecule has 1 atom stereocenters. The number of nitrogens with zero attached hydrogens (tertiary/aromatic N) is 2. The quantitative estimate of drug-likeness (QED) is 0.711. The summed E-state index contributed by atoms with van der Waals surface area (Å²) in [5.74, 6) is -0.172. The lowest BCUT2D eigenvalue weighted by atomic mass is 10.1. The Balaban J connectivity index is 2.76. The highest BCUT2D eigenvalue weighted by Gasteiger charge is 2.40. The maximum atomic E-state index is 12.4. The Morgan fingerprint density at radius 1 is 1.37 bits per heavy atom. The average Bonchev–Trinajstić information content (AvgIpc) is 2.70. The molecule has 0 spiro atoms. The van der Waals surface area contributed by atoms with Crippen molar-refractivity contribution in [1.82, 2.24) is 9.80 Å². The van der Waals surface area contributed by atoms with Crippen LogP contribution in [0.2, 0.25) is 0 Å². The smallest absolute Gasteiger partial charge is 0.228 e. The predicted molar refractivity (Wildman–Crippen MR) is 76.5 cm³/mol. The van der Waals surface area contributed by atoms with Gasteiger partial charge in [-0.2, -0.15) is 0 Å². The molecule has 106 valence electrons. The van der Waals surface area contributed by atoms with Gasteiger partial charge in [0, 0.05) is 31.6 Å². The van der Waals surface area contributed by atoms with Gasteiger partial charge in [-0.05, 0) is 20.8 Å². The van der Waals surface area contributed by atoms with Crippen LogP contribution in [-0.2, 0) is 9.59 Å². The molecule has 0 N–H and O–H groups in total. The summed E-state index contributed by atoms with van der Waals surface area (Å²) in [6.07, 6.45) is 3.69. The van der Waals surface area contributed by atoms with Gasteiger partial charge in [0.1, 0.15) is 0 Å². The Labute approximate surface area is 115 Å². The third-order valence-corrected chi connectivity index (χ3v) is 3.29. The monoisotopic (exact) mass is 264 g/mol. The first-order valence-electron chi connectivity index (χ1n) is 6.62. The van der Waals surface area contributed by atoms with Crippen molar-refractivity contribution in [2.45, 2.75) is 32.7 Å². The van der Waals surface area contributed by atoms with E-state index in [9.17, 15) is 9.59 Å². The first-order valence-corrected chi connectivity index (χ1v) is 6.62. The summed E-state index contributed by atoms with van der Waals surface area (Å²) >= 11 is 0.